The Morgan fingerprint density at radius 1 is 1.07 bits per heavy atom. The van der Waals surface area contributed by atoms with Crippen LogP contribution in [0.5, 0.6) is 11.5 Å². The highest BCUT2D eigenvalue weighted by Gasteiger charge is 2.18. The van der Waals surface area contributed by atoms with Gasteiger partial charge in [-0.05, 0) is 18.2 Å². The monoisotopic (exact) mass is 396 g/mol. The van der Waals surface area contributed by atoms with Crippen LogP contribution in [-0.2, 0) is 11.2 Å². The number of rotatable bonds is 7. The maximum atomic E-state index is 12.6. The van der Waals surface area contributed by atoms with Gasteiger partial charge in [-0.2, -0.15) is 0 Å². The second kappa shape index (κ2) is 8.67. The first-order valence-corrected chi connectivity index (χ1v) is 9.41. The maximum absolute atomic E-state index is 12.6. The van der Waals surface area contributed by atoms with E-state index in [1.807, 2.05) is 30.3 Å². The van der Waals surface area contributed by atoms with Gasteiger partial charge in [-0.1, -0.05) is 41.7 Å². The number of carbonyl (C=O) groups is 2. The fraction of sp³-hybridized carbons (Fsp3) is 0.190. The van der Waals surface area contributed by atoms with E-state index in [0.29, 0.717) is 32.8 Å². The van der Waals surface area contributed by atoms with Gasteiger partial charge in [0.05, 0.1) is 31.2 Å². The first-order chi connectivity index (χ1) is 13.5. The van der Waals surface area contributed by atoms with Gasteiger partial charge in [0.2, 0.25) is 5.91 Å². The molecule has 0 unspecified atom stereocenters. The zero-order valence-electron chi connectivity index (χ0n) is 15.8. The standard InChI is InChI=1S/C21H20N2O4S/c1-13(24)20-19(14-7-5-4-6-8-14)23-21(28-20)22-18(25)12-15-11-16(26-2)9-10-17(15)27-3/h4-11H,12H2,1-3H3,(H,22,23,25). The van der Waals surface area contributed by atoms with E-state index < -0.39 is 0 Å². The van der Waals surface area contributed by atoms with Crippen molar-refractivity contribution in [1.82, 2.24) is 4.98 Å². The Kier molecular flexibility index (Phi) is 6.06. The molecule has 0 aliphatic carbocycles. The Balaban J connectivity index is 1.82. The van der Waals surface area contributed by atoms with E-state index in [9.17, 15) is 9.59 Å². The van der Waals surface area contributed by atoms with Crippen LogP contribution in [0.3, 0.4) is 0 Å². The van der Waals surface area contributed by atoms with Crippen molar-refractivity contribution in [3.8, 4) is 22.8 Å². The van der Waals surface area contributed by atoms with Crippen molar-refractivity contribution in [2.75, 3.05) is 19.5 Å². The van der Waals surface area contributed by atoms with Crippen molar-refractivity contribution >= 4 is 28.2 Å². The first kappa shape index (κ1) is 19.6. The molecule has 0 aliphatic heterocycles. The molecule has 1 aromatic heterocycles. The second-order valence-corrected chi connectivity index (χ2v) is 7.02. The Labute approximate surface area is 167 Å². The number of ketones is 1. The molecular formula is C21H20N2O4S. The molecule has 7 heteroatoms. The summed E-state index contributed by atoms with van der Waals surface area (Å²) in [5, 5.41) is 3.17. The second-order valence-electron chi connectivity index (χ2n) is 6.02. The van der Waals surface area contributed by atoms with Gasteiger partial charge in [0.1, 0.15) is 11.5 Å². The molecule has 0 spiro atoms. The number of thiazole rings is 1. The summed E-state index contributed by atoms with van der Waals surface area (Å²) in [6, 6.07) is 14.7. The molecule has 0 saturated carbocycles. The summed E-state index contributed by atoms with van der Waals surface area (Å²) in [4.78, 5) is 29.5. The third kappa shape index (κ3) is 4.37. The maximum Gasteiger partial charge on any atom is 0.230 e. The van der Waals surface area contributed by atoms with E-state index in [1.165, 1.54) is 18.3 Å². The van der Waals surface area contributed by atoms with Gasteiger partial charge in [-0.3, -0.25) is 9.59 Å². The van der Waals surface area contributed by atoms with Crippen LogP contribution in [0.15, 0.2) is 48.5 Å². The molecule has 3 rings (SSSR count). The molecule has 0 radical (unpaired) electrons. The normalized spacial score (nSPS) is 10.4. The highest BCUT2D eigenvalue weighted by molar-refractivity contribution is 7.18. The predicted molar refractivity (Wildman–Crippen MR) is 109 cm³/mol. The number of nitrogens with zero attached hydrogens (tertiary/aromatic N) is 1. The fourth-order valence-corrected chi connectivity index (χ4v) is 3.66. The summed E-state index contributed by atoms with van der Waals surface area (Å²) in [7, 11) is 3.12. The highest BCUT2D eigenvalue weighted by atomic mass is 32.1. The molecule has 0 saturated heterocycles. The molecule has 6 nitrogen and oxygen atoms in total. The Morgan fingerprint density at radius 3 is 2.46 bits per heavy atom. The summed E-state index contributed by atoms with van der Waals surface area (Å²) in [5.41, 5.74) is 2.11. The molecule has 0 bridgehead atoms. The molecule has 1 heterocycles. The van der Waals surface area contributed by atoms with Crippen molar-refractivity contribution in [3.63, 3.8) is 0 Å². The number of Topliss-reactive ketones (excluding diaryl/α,β-unsaturated/α-hetero) is 1. The van der Waals surface area contributed by atoms with Gasteiger partial charge in [0.25, 0.3) is 0 Å². The third-order valence-corrected chi connectivity index (χ3v) is 5.15. The molecule has 0 atom stereocenters. The van der Waals surface area contributed by atoms with Crippen molar-refractivity contribution in [2.45, 2.75) is 13.3 Å². The number of methoxy groups -OCH3 is 2. The zero-order valence-corrected chi connectivity index (χ0v) is 16.6. The van der Waals surface area contributed by atoms with Crippen LogP contribution in [-0.4, -0.2) is 30.9 Å². The van der Waals surface area contributed by atoms with E-state index in [0.717, 1.165) is 5.56 Å². The summed E-state index contributed by atoms with van der Waals surface area (Å²) in [6.07, 6.45) is 0.0933. The van der Waals surface area contributed by atoms with Crippen molar-refractivity contribution < 1.29 is 19.1 Å². The van der Waals surface area contributed by atoms with Gasteiger partial charge < -0.3 is 14.8 Å². The van der Waals surface area contributed by atoms with Crippen LogP contribution < -0.4 is 14.8 Å². The largest absolute Gasteiger partial charge is 0.497 e. The van der Waals surface area contributed by atoms with Crippen LogP contribution in [0.25, 0.3) is 11.3 Å². The van der Waals surface area contributed by atoms with Crippen molar-refractivity contribution in [1.29, 1.82) is 0 Å². The summed E-state index contributed by atoms with van der Waals surface area (Å²) in [6.45, 7) is 1.49. The van der Waals surface area contributed by atoms with E-state index in [1.54, 1.807) is 32.4 Å². The van der Waals surface area contributed by atoms with Crippen molar-refractivity contribution in [3.05, 3.63) is 59.0 Å². The molecule has 1 amide bonds. The lowest BCUT2D eigenvalue weighted by atomic mass is 10.1. The summed E-state index contributed by atoms with van der Waals surface area (Å²) < 4.78 is 10.5. The lowest BCUT2D eigenvalue weighted by Crippen LogP contribution is -2.14. The van der Waals surface area contributed by atoms with Crippen LogP contribution in [0.1, 0.15) is 22.2 Å². The van der Waals surface area contributed by atoms with E-state index in [4.69, 9.17) is 9.47 Å². The van der Waals surface area contributed by atoms with Gasteiger partial charge in [0.15, 0.2) is 10.9 Å². The molecule has 0 aliphatic rings. The molecule has 144 valence electrons. The summed E-state index contributed by atoms with van der Waals surface area (Å²) >= 11 is 1.17. The van der Waals surface area contributed by atoms with Crippen LogP contribution in [0.4, 0.5) is 5.13 Å². The number of hydrogen-bond acceptors (Lipinski definition) is 6. The zero-order chi connectivity index (χ0) is 20.1. The molecule has 0 fully saturated rings. The molecular weight excluding hydrogens is 376 g/mol. The van der Waals surface area contributed by atoms with Crippen molar-refractivity contribution in [2.24, 2.45) is 0 Å². The highest BCUT2D eigenvalue weighted by Crippen LogP contribution is 2.32. The van der Waals surface area contributed by atoms with E-state index >= 15 is 0 Å². The number of benzene rings is 2. The lowest BCUT2D eigenvalue weighted by Gasteiger charge is -2.10. The van der Waals surface area contributed by atoms with Crippen LogP contribution in [0, 0.1) is 0 Å². The topological polar surface area (TPSA) is 77.5 Å². The van der Waals surface area contributed by atoms with E-state index in [2.05, 4.69) is 10.3 Å². The minimum Gasteiger partial charge on any atom is -0.497 e. The van der Waals surface area contributed by atoms with Gasteiger partial charge in [-0.15, -0.1) is 0 Å². The lowest BCUT2D eigenvalue weighted by molar-refractivity contribution is -0.115. The number of amides is 1. The molecule has 3 aromatic rings. The average Bonchev–Trinajstić information content (AvgIpc) is 3.12. The number of anilines is 1. The number of hydrogen-bond donors (Lipinski definition) is 1. The van der Waals surface area contributed by atoms with Crippen LogP contribution in [0.2, 0.25) is 0 Å². The molecule has 1 N–H and O–H groups in total. The van der Waals surface area contributed by atoms with Crippen LogP contribution >= 0.6 is 11.3 Å². The molecule has 2 aromatic carbocycles. The number of carbonyl (C=O) groups excluding carboxylic acids is 2. The summed E-state index contributed by atoms with van der Waals surface area (Å²) in [5.74, 6) is 0.897. The Morgan fingerprint density at radius 2 is 1.82 bits per heavy atom. The number of aromatic nitrogens is 1. The van der Waals surface area contributed by atoms with Gasteiger partial charge in [0, 0.05) is 18.1 Å². The third-order valence-electron chi connectivity index (χ3n) is 4.08. The Bertz CT molecular complexity index is 999. The first-order valence-electron chi connectivity index (χ1n) is 8.59. The van der Waals surface area contributed by atoms with E-state index in [-0.39, 0.29) is 18.1 Å². The minimum atomic E-state index is -0.255. The number of nitrogens with one attached hydrogen (secondary N) is 1. The van der Waals surface area contributed by atoms with Gasteiger partial charge in [-0.25, -0.2) is 4.98 Å². The molecule has 28 heavy (non-hydrogen) atoms. The van der Waals surface area contributed by atoms with Gasteiger partial charge >= 0.3 is 0 Å². The predicted octanol–water partition coefficient (Wildman–Crippen LogP) is 4.21. The minimum absolute atomic E-state index is 0.0914. The SMILES string of the molecule is COc1ccc(OC)c(CC(=O)Nc2nc(-c3ccccc3)c(C(C)=O)s2)c1. The smallest absolute Gasteiger partial charge is 0.230 e. The average molecular weight is 396 g/mol. The quantitative estimate of drug-likeness (QED) is 0.605. The fourth-order valence-electron chi connectivity index (χ4n) is 2.76. The Hall–Kier alpha value is -3.19. The number of ether oxygens (including phenoxy) is 2.